The van der Waals surface area contributed by atoms with Gasteiger partial charge in [0.1, 0.15) is 0 Å². The molecule has 1 aliphatic carbocycles. The fourth-order valence-electron chi connectivity index (χ4n) is 4.47. The van der Waals surface area contributed by atoms with Crippen molar-refractivity contribution in [2.45, 2.75) is 45.2 Å². The molecule has 4 aromatic rings. The van der Waals surface area contributed by atoms with Crippen molar-refractivity contribution in [3.8, 4) is 11.3 Å². The number of hydrogen-bond acceptors (Lipinski definition) is 3. The minimum Gasteiger partial charge on any atom is -0.357 e. The van der Waals surface area contributed by atoms with Gasteiger partial charge in [-0.15, -0.1) is 0 Å². The van der Waals surface area contributed by atoms with E-state index in [1.165, 1.54) is 34.1 Å². The summed E-state index contributed by atoms with van der Waals surface area (Å²) in [6.07, 6.45) is 7.18. The van der Waals surface area contributed by atoms with E-state index in [9.17, 15) is 0 Å². The summed E-state index contributed by atoms with van der Waals surface area (Å²) in [6.45, 7) is 4.21. The maximum Gasteiger partial charge on any atom is 0.0885 e. The Kier molecular flexibility index (Phi) is 4.64. The first-order valence-electron chi connectivity index (χ1n) is 10.4. The quantitative estimate of drug-likeness (QED) is 0.479. The number of hydrogen-bond donors (Lipinski definition) is 2. The number of H-pyrrole nitrogens is 1. The van der Waals surface area contributed by atoms with Gasteiger partial charge in [0.05, 0.1) is 17.6 Å². The van der Waals surface area contributed by atoms with Crippen LogP contribution in [0.15, 0.2) is 60.9 Å². The number of nitrogens with one attached hydrogen (secondary N) is 2. The van der Waals surface area contributed by atoms with Crippen molar-refractivity contribution in [3.05, 3.63) is 83.4 Å². The number of fused-ring (bicyclic) bond motifs is 3. The maximum absolute atomic E-state index is 4.55. The van der Waals surface area contributed by atoms with Crippen LogP contribution in [-0.2, 0) is 6.42 Å². The minimum absolute atomic E-state index is 0.317. The zero-order valence-electron chi connectivity index (χ0n) is 16.9. The van der Waals surface area contributed by atoms with E-state index in [2.05, 4.69) is 75.7 Å². The average molecular weight is 383 g/mol. The Hall–Kier alpha value is -2.98. The molecule has 0 saturated carbocycles. The van der Waals surface area contributed by atoms with Crippen molar-refractivity contribution >= 4 is 10.9 Å². The molecule has 4 heteroatoms. The van der Waals surface area contributed by atoms with E-state index in [0.717, 1.165) is 29.8 Å². The van der Waals surface area contributed by atoms with E-state index in [1.807, 2.05) is 19.3 Å². The second-order valence-corrected chi connectivity index (χ2v) is 8.06. The molecule has 5 rings (SSSR count). The van der Waals surface area contributed by atoms with Crippen molar-refractivity contribution in [2.75, 3.05) is 0 Å². The molecule has 4 nitrogen and oxygen atoms in total. The molecule has 0 radical (unpaired) electrons. The monoisotopic (exact) mass is 382 g/mol. The SMILES string of the molecule is Cc1cnc(-c2ccc3[nH]c4c(c3c2)CCCC4N[C@H](C)c2ccccc2)cn1. The first kappa shape index (κ1) is 18.1. The third-order valence-electron chi connectivity index (χ3n) is 6.03. The van der Waals surface area contributed by atoms with E-state index in [4.69, 9.17) is 0 Å². The van der Waals surface area contributed by atoms with Crippen LogP contribution in [0, 0.1) is 6.92 Å². The van der Waals surface area contributed by atoms with Gasteiger partial charge >= 0.3 is 0 Å². The van der Waals surface area contributed by atoms with Crippen molar-refractivity contribution in [1.82, 2.24) is 20.3 Å². The van der Waals surface area contributed by atoms with Gasteiger partial charge in [0.15, 0.2) is 0 Å². The number of nitrogens with zero attached hydrogens (tertiary/aromatic N) is 2. The largest absolute Gasteiger partial charge is 0.357 e. The van der Waals surface area contributed by atoms with Gasteiger partial charge in [-0.25, -0.2) is 0 Å². The Morgan fingerprint density at radius 1 is 1.07 bits per heavy atom. The van der Waals surface area contributed by atoms with E-state index in [1.54, 1.807) is 0 Å². The summed E-state index contributed by atoms with van der Waals surface area (Å²) < 4.78 is 0. The second-order valence-electron chi connectivity index (χ2n) is 8.06. The summed E-state index contributed by atoms with van der Waals surface area (Å²) in [5.74, 6) is 0. The Labute approximate surface area is 171 Å². The predicted octanol–water partition coefficient (Wildman–Crippen LogP) is 5.66. The zero-order chi connectivity index (χ0) is 19.8. The molecule has 2 aromatic heterocycles. The van der Waals surface area contributed by atoms with Gasteiger partial charge in [-0.3, -0.25) is 9.97 Å². The van der Waals surface area contributed by atoms with Gasteiger partial charge in [0.25, 0.3) is 0 Å². The first-order chi connectivity index (χ1) is 14.2. The van der Waals surface area contributed by atoms with Crippen LogP contribution in [0.4, 0.5) is 0 Å². The Balaban J connectivity index is 1.49. The zero-order valence-corrected chi connectivity index (χ0v) is 16.9. The summed E-state index contributed by atoms with van der Waals surface area (Å²) in [5.41, 5.74) is 8.33. The number of aromatic amines is 1. The normalized spacial score (nSPS) is 17.2. The van der Waals surface area contributed by atoms with Crippen molar-refractivity contribution in [2.24, 2.45) is 0 Å². The fourth-order valence-corrected chi connectivity index (χ4v) is 4.47. The van der Waals surface area contributed by atoms with Gasteiger partial charge in [-0.05, 0) is 56.4 Å². The van der Waals surface area contributed by atoms with Crippen LogP contribution >= 0.6 is 0 Å². The van der Waals surface area contributed by atoms with Crippen LogP contribution in [0.3, 0.4) is 0 Å². The van der Waals surface area contributed by atoms with Crippen molar-refractivity contribution in [3.63, 3.8) is 0 Å². The van der Waals surface area contributed by atoms with Gasteiger partial charge in [0, 0.05) is 40.4 Å². The molecule has 2 atom stereocenters. The van der Waals surface area contributed by atoms with Crippen molar-refractivity contribution < 1.29 is 0 Å². The lowest BCUT2D eigenvalue weighted by atomic mass is 9.90. The minimum atomic E-state index is 0.317. The van der Waals surface area contributed by atoms with Gasteiger partial charge in [-0.1, -0.05) is 36.4 Å². The number of aryl methyl sites for hydroxylation is 2. The van der Waals surface area contributed by atoms with Crippen LogP contribution in [0.25, 0.3) is 22.2 Å². The smallest absolute Gasteiger partial charge is 0.0885 e. The predicted molar refractivity (Wildman–Crippen MR) is 118 cm³/mol. The Morgan fingerprint density at radius 2 is 1.93 bits per heavy atom. The molecular weight excluding hydrogens is 356 g/mol. The standard InChI is InChI=1S/C25H26N4/c1-16-14-27-24(15-26-16)19-11-12-22-21(13-19)20-9-6-10-23(25(20)29-22)28-17(2)18-7-4-3-5-8-18/h3-5,7-8,11-15,17,23,28-29H,6,9-10H2,1-2H3/t17-,23?/m1/s1. The van der Waals surface area contributed by atoms with Crippen molar-refractivity contribution in [1.29, 1.82) is 0 Å². The Morgan fingerprint density at radius 3 is 2.72 bits per heavy atom. The highest BCUT2D eigenvalue weighted by molar-refractivity contribution is 5.89. The van der Waals surface area contributed by atoms with Gasteiger partial charge < -0.3 is 10.3 Å². The first-order valence-corrected chi connectivity index (χ1v) is 10.4. The molecular formula is C25H26N4. The highest BCUT2D eigenvalue weighted by Gasteiger charge is 2.25. The molecule has 2 aromatic carbocycles. The summed E-state index contributed by atoms with van der Waals surface area (Å²) in [7, 11) is 0. The molecule has 2 N–H and O–H groups in total. The summed E-state index contributed by atoms with van der Waals surface area (Å²) in [5, 5.41) is 5.17. The Bertz CT molecular complexity index is 1130. The lowest BCUT2D eigenvalue weighted by Gasteiger charge is -2.27. The fraction of sp³-hybridized carbons (Fsp3) is 0.280. The van der Waals surface area contributed by atoms with E-state index in [0.29, 0.717) is 12.1 Å². The highest BCUT2D eigenvalue weighted by Crippen LogP contribution is 2.37. The third-order valence-corrected chi connectivity index (χ3v) is 6.03. The van der Waals surface area contributed by atoms with Gasteiger partial charge in [-0.2, -0.15) is 0 Å². The summed E-state index contributed by atoms with van der Waals surface area (Å²) in [6, 6.07) is 17.9. The summed E-state index contributed by atoms with van der Waals surface area (Å²) >= 11 is 0. The molecule has 0 aliphatic heterocycles. The lowest BCUT2D eigenvalue weighted by Crippen LogP contribution is -2.27. The number of aromatic nitrogens is 3. The molecule has 1 aliphatic rings. The van der Waals surface area contributed by atoms with E-state index in [-0.39, 0.29) is 0 Å². The average Bonchev–Trinajstić information content (AvgIpc) is 3.14. The van der Waals surface area contributed by atoms with Crippen LogP contribution in [-0.4, -0.2) is 15.0 Å². The maximum atomic E-state index is 4.55. The molecule has 29 heavy (non-hydrogen) atoms. The molecule has 146 valence electrons. The highest BCUT2D eigenvalue weighted by atomic mass is 15.0. The number of rotatable bonds is 4. The van der Waals surface area contributed by atoms with Crippen LogP contribution < -0.4 is 5.32 Å². The molecule has 0 amide bonds. The second kappa shape index (κ2) is 7.45. The molecule has 2 heterocycles. The topological polar surface area (TPSA) is 53.6 Å². The molecule has 0 bridgehead atoms. The molecule has 0 saturated heterocycles. The third kappa shape index (κ3) is 3.45. The van der Waals surface area contributed by atoms with E-state index < -0.39 is 0 Å². The molecule has 0 spiro atoms. The van der Waals surface area contributed by atoms with Gasteiger partial charge in [0.2, 0.25) is 0 Å². The molecule has 1 unspecified atom stereocenters. The van der Waals surface area contributed by atoms with Crippen LogP contribution in [0.1, 0.15) is 54.4 Å². The van der Waals surface area contributed by atoms with Crippen LogP contribution in [0.2, 0.25) is 0 Å². The lowest BCUT2D eigenvalue weighted by molar-refractivity contribution is 0.410. The summed E-state index contributed by atoms with van der Waals surface area (Å²) in [4.78, 5) is 12.7. The number of benzene rings is 2. The van der Waals surface area contributed by atoms with E-state index >= 15 is 0 Å². The van der Waals surface area contributed by atoms with Crippen LogP contribution in [0.5, 0.6) is 0 Å². The molecule has 0 fully saturated rings.